The zero-order valence-corrected chi connectivity index (χ0v) is 21.5. The second-order valence-corrected chi connectivity index (χ2v) is 9.78. The molecule has 0 saturated heterocycles. The highest BCUT2D eigenvalue weighted by Gasteiger charge is 2.41. The summed E-state index contributed by atoms with van der Waals surface area (Å²) >= 11 is 0. The molecule has 6 nitrogen and oxygen atoms in total. The highest BCUT2D eigenvalue weighted by molar-refractivity contribution is 5.73. The molecule has 2 aromatic carbocycles. The monoisotopic (exact) mass is 545 g/mol. The average Bonchev–Trinajstić information content (AvgIpc) is 3.77. The molecule has 0 amide bonds. The molecular formula is C29H27F4NO5. The lowest BCUT2D eigenvalue weighted by Gasteiger charge is -2.30. The van der Waals surface area contributed by atoms with Crippen molar-refractivity contribution in [2.75, 3.05) is 20.8 Å². The van der Waals surface area contributed by atoms with Crippen molar-refractivity contribution in [1.82, 2.24) is 4.98 Å². The number of ether oxygens (including phenoxy) is 4. The van der Waals surface area contributed by atoms with E-state index >= 15 is 0 Å². The summed E-state index contributed by atoms with van der Waals surface area (Å²) in [5.41, 5.74) is -0.895. The summed E-state index contributed by atoms with van der Waals surface area (Å²) < 4.78 is 78.9. The molecule has 39 heavy (non-hydrogen) atoms. The standard InChI is InChI=1S/C29H27F4NO5/c1-15(28(35)37-3)26(16-4-5-16)17-6-11-23-24(12-17)39-25(14-38-23)19-8-10-22(34-27(19)29(31,32)33)20-13-18(36-2)7-9-21(20)30/h6-13,15-16,25-26H,4-5,14H2,1-3H3. The smallest absolute Gasteiger partial charge is 0.433 e. The lowest BCUT2D eigenvalue weighted by molar-refractivity contribution is -0.146. The molecule has 5 rings (SSSR count). The van der Waals surface area contributed by atoms with Gasteiger partial charge < -0.3 is 18.9 Å². The van der Waals surface area contributed by atoms with Gasteiger partial charge in [-0.05, 0) is 66.6 Å². The lowest BCUT2D eigenvalue weighted by atomic mass is 9.83. The molecule has 2 aliphatic rings. The molecular weight excluding hydrogens is 518 g/mol. The number of alkyl halides is 3. The number of fused-ring (bicyclic) bond motifs is 1. The van der Waals surface area contributed by atoms with Crippen LogP contribution in [-0.4, -0.2) is 31.8 Å². The second kappa shape index (κ2) is 10.4. The molecule has 1 aliphatic heterocycles. The number of aromatic nitrogens is 1. The predicted molar refractivity (Wildman–Crippen MR) is 133 cm³/mol. The number of rotatable bonds is 7. The fourth-order valence-corrected chi connectivity index (χ4v) is 5.14. The highest BCUT2D eigenvalue weighted by atomic mass is 19.4. The number of methoxy groups -OCH3 is 2. The van der Waals surface area contributed by atoms with Gasteiger partial charge in [0.15, 0.2) is 23.3 Å². The molecule has 1 saturated carbocycles. The predicted octanol–water partition coefficient (Wildman–Crippen LogP) is 6.73. The van der Waals surface area contributed by atoms with Gasteiger partial charge >= 0.3 is 12.1 Å². The van der Waals surface area contributed by atoms with Gasteiger partial charge in [-0.15, -0.1) is 0 Å². The van der Waals surface area contributed by atoms with Gasteiger partial charge in [-0.3, -0.25) is 4.79 Å². The number of carbonyl (C=O) groups excluding carboxylic acids is 1. The van der Waals surface area contributed by atoms with E-state index < -0.39 is 29.7 Å². The van der Waals surface area contributed by atoms with E-state index in [1.165, 1.54) is 38.5 Å². The van der Waals surface area contributed by atoms with Crippen LogP contribution < -0.4 is 14.2 Å². The Morgan fingerprint density at radius 3 is 2.49 bits per heavy atom. The number of hydrogen-bond acceptors (Lipinski definition) is 6. The molecule has 3 aromatic rings. The van der Waals surface area contributed by atoms with Gasteiger partial charge in [-0.2, -0.15) is 13.2 Å². The van der Waals surface area contributed by atoms with Crippen molar-refractivity contribution >= 4 is 5.97 Å². The maximum atomic E-state index is 14.5. The number of esters is 1. The quantitative estimate of drug-likeness (QED) is 0.242. The number of hydrogen-bond donors (Lipinski definition) is 0. The summed E-state index contributed by atoms with van der Waals surface area (Å²) in [4.78, 5) is 16.1. The van der Waals surface area contributed by atoms with Crippen LogP contribution in [0.15, 0.2) is 48.5 Å². The Morgan fingerprint density at radius 2 is 1.82 bits per heavy atom. The van der Waals surface area contributed by atoms with Crippen LogP contribution in [0.25, 0.3) is 11.3 Å². The van der Waals surface area contributed by atoms with Gasteiger partial charge in [0, 0.05) is 11.1 Å². The number of carbonyl (C=O) groups is 1. The summed E-state index contributed by atoms with van der Waals surface area (Å²) in [6.07, 6.45) is -3.99. The summed E-state index contributed by atoms with van der Waals surface area (Å²) in [7, 11) is 2.72. The van der Waals surface area contributed by atoms with Crippen LogP contribution in [0.1, 0.15) is 48.6 Å². The van der Waals surface area contributed by atoms with Crippen molar-refractivity contribution in [2.24, 2.45) is 11.8 Å². The normalized spacial score (nSPS) is 18.3. The van der Waals surface area contributed by atoms with E-state index in [1.807, 2.05) is 13.0 Å². The minimum atomic E-state index is -4.83. The molecule has 1 fully saturated rings. The molecule has 206 valence electrons. The van der Waals surface area contributed by atoms with Crippen LogP contribution in [0.5, 0.6) is 17.2 Å². The van der Waals surface area contributed by atoms with Gasteiger partial charge in [-0.25, -0.2) is 9.37 Å². The molecule has 2 heterocycles. The minimum absolute atomic E-state index is 0.115. The number of halogens is 4. The minimum Gasteiger partial charge on any atom is -0.497 e. The summed E-state index contributed by atoms with van der Waals surface area (Å²) in [6, 6.07) is 11.6. The van der Waals surface area contributed by atoms with E-state index in [4.69, 9.17) is 18.9 Å². The Labute approximate surface area is 222 Å². The molecule has 0 radical (unpaired) electrons. The van der Waals surface area contributed by atoms with Crippen molar-refractivity contribution < 1.29 is 41.3 Å². The molecule has 10 heteroatoms. The van der Waals surface area contributed by atoms with Crippen LogP contribution in [0.3, 0.4) is 0 Å². The first-order chi connectivity index (χ1) is 18.6. The van der Waals surface area contributed by atoms with Crippen molar-refractivity contribution in [2.45, 2.75) is 38.0 Å². The van der Waals surface area contributed by atoms with Crippen molar-refractivity contribution in [1.29, 1.82) is 0 Å². The average molecular weight is 546 g/mol. The lowest BCUT2D eigenvalue weighted by Crippen LogP contribution is -2.26. The third-order valence-electron chi connectivity index (χ3n) is 7.24. The van der Waals surface area contributed by atoms with Crippen molar-refractivity contribution in [3.63, 3.8) is 0 Å². The summed E-state index contributed by atoms with van der Waals surface area (Å²) in [6.45, 7) is 1.64. The van der Waals surface area contributed by atoms with Crippen molar-refractivity contribution in [3.05, 3.63) is 71.2 Å². The molecule has 1 aliphatic carbocycles. The SMILES string of the molecule is COC(=O)C(C)C(c1ccc2c(c1)OC(c1ccc(-c3cc(OC)ccc3F)nc1C(F)(F)F)CO2)C1CC1. The topological polar surface area (TPSA) is 66.9 Å². The van der Waals surface area contributed by atoms with Crippen LogP contribution in [0.4, 0.5) is 17.6 Å². The van der Waals surface area contributed by atoms with Crippen LogP contribution in [-0.2, 0) is 15.7 Å². The van der Waals surface area contributed by atoms with E-state index in [1.54, 1.807) is 12.1 Å². The Balaban J connectivity index is 1.48. The van der Waals surface area contributed by atoms with Gasteiger partial charge in [0.05, 0.1) is 25.8 Å². The Morgan fingerprint density at radius 1 is 1.05 bits per heavy atom. The number of pyridine rings is 1. The first-order valence-corrected chi connectivity index (χ1v) is 12.5. The molecule has 3 unspecified atom stereocenters. The molecule has 0 N–H and O–H groups in total. The molecule has 0 spiro atoms. The maximum Gasteiger partial charge on any atom is 0.433 e. The zero-order chi connectivity index (χ0) is 27.9. The molecule has 1 aromatic heterocycles. The van der Waals surface area contributed by atoms with Crippen LogP contribution in [0, 0.1) is 17.7 Å². The third-order valence-corrected chi connectivity index (χ3v) is 7.24. The van der Waals surface area contributed by atoms with E-state index in [-0.39, 0.29) is 46.8 Å². The first kappa shape index (κ1) is 26.8. The Kier molecular flexibility index (Phi) is 7.13. The number of benzene rings is 2. The van der Waals surface area contributed by atoms with Crippen LogP contribution in [0.2, 0.25) is 0 Å². The Hall–Kier alpha value is -3.82. The fourth-order valence-electron chi connectivity index (χ4n) is 5.14. The van der Waals surface area contributed by atoms with Crippen LogP contribution >= 0.6 is 0 Å². The van der Waals surface area contributed by atoms with Gasteiger partial charge in [-0.1, -0.05) is 19.1 Å². The largest absolute Gasteiger partial charge is 0.497 e. The Bertz CT molecular complexity index is 1390. The summed E-state index contributed by atoms with van der Waals surface area (Å²) in [5, 5.41) is 0. The van der Waals surface area contributed by atoms with Gasteiger partial charge in [0.1, 0.15) is 18.2 Å². The molecule has 3 atom stereocenters. The molecule has 0 bridgehead atoms. The van der Waals surface area contributed by atoms with E-state index in [9.17, 15) is 22.4 Å². The zero-order valence-electron chi connectivity index (χ0n) is 21.5. The van der Waals surface area contributed by atoms with E-state index in [0.29, 0.717) is 11.7 Å². The third kappa shape index (κ3) is 5.37. The maximum absolute atomic E-state index is 14.5. The van der Waals surface area contributed by atoms with E-state index in [2.05, 4.69) is 4.98 Å². The fraction of sp³-hybridized carbons (Fsp3) is 0.379. The van der Waals surface area contributed by atoms with Gasteiger partial charge in [0.25, 0.3) is 0 Å². The second-order valence-electron chi connectivity index (χ2n) is 9.78. The van der Waals surface area contributed by atoms with Gasteiger partial charge in [0.2, 0.25) is 0 Å². The van der Waals surface area contributed by atoms with E-state index in [0.717, 1.165) is 24.5 Å². The number of nitrogens with zero attached hydrogens (tertiary/aromatic N) is 1. The summed E-state index contributed by atoms with van der Waals surface area (Å²) in [5.74, 6) is -0.296. The van der Waals surface area contributed by atoms with Crippen molar-refractivity contribution in [3.8, 4) is 28.5 Å². The highest BCUT2D eigenvalue weighted by Crippen LogP contribution is 2.49. The first-order valence-electron chi connectivity index (χ1n) is 12.5.